The standard InChI is InChI=1S/C20H21N3O3S/c1-13(2)16-9-8-14(12-21)19(23-16)27-11-10-18(24)22-17-7-5-4-6-15(17)20(25)26-3/h4-9,13H,10-11H2,1-3H3,(H,22,24). The number of anilines is 1. The molecule has 2 aromatic rings. The van der Waals surface area contributed by atoms with Gasteiger partial charge >= 0.3 is 5.97 Å². The molecule has 0 aliphatic carbocycles. The number of carbonyl (C=O) groups excluding carboxylic acids is 2. The van der Waals surface area contributed by atoms with Crippen LogP contribution in [0.3, 0.4) is 0 Å². The number of amides is 1. The molecule has 0 saturated heterocycles. The van der Waals surface area contributed by atoms with Gasteiger partial charge in [0.2, 0.25) is 5.91 Å². The number of esters is 1. The molecule has 0 spiro atoms. The number of pyridine rings is 1. The topological polar surface area (TPSA) is 92.1 Å². The van der Waals surface area contributed by atoms with E-state index >= 15 is 0 Å². The summed E-state index contributed by atoms with van der Waals surface area (Å²) in [6.07, 6.45) is 0.221. The minimum atomic E-state index is -0.506. The molecular weight excluding hydrogens is 362 g/mol. The van der Waals surface area contributed by atoms with Crippen LogP contribution in [0, 0.1) is 11.3 Å². The van der Waals surface area contributed by atoms with Gasteiger partial charge in [-0.25, -0.2) is 9.78 Å². The molecule has 0 aliphatic rings. The summed E-state index contributed by atoms with van der Waals surface area (Å²) in [6, 6.07) is 12.4. The van der Waals surface area contributed by atoms with Gasteiger partial charge in [-0.3, -0.25) is 4.79 Å². The average molecular weight is 383 g/mol. The number of nitrogens with zero attached hydrogens (tertiary/aromatic N) is 2. The van der Waals surface area contributed by atoms with Crippen molar-refractivity contribution in [3.63, 3.8) is 0 Å². The lowest BCUT2D eigenvalue weighted by Gasteiger charge is -2.10. The summed E-state index contributed by atoms with van der Waals surface area (Å²) in [5.41, 5.74) is 2.13. The molecule has 0 aliphatic heterocycles. The number of thioether (sulfide) groups is 1. The van der Waals surface area contributed by atoms with Gasteiger partial charge in [0.05, 0.1) is 23.9 Å². The third kappa shape index (κ3) is 5.56. The van der Waals surface area contributed by atoms with Gasteiger partial charge in [0.25, 0.3) is 0 Å². The SMILES string of the molecule is COC(=O)c1ccccc1NC(=O)CCSc1nc(C(C)C)ccc1C#N. The molecule has 1 heterocycles. The number of para-hydroxylation sites is 1. The van der Waals surface area contributed by atoms with Crippen molar-refractivity contribution in [3.8, 4) is 6.07 Å². The van der Waals surface area contributed by atoms with Crippen molar-refractivity contribution in [1.29, 1.82) is 5.26 Å². The Morgan fingerprint density at radius 1 is 1.26 bits per heavy atom. The van der Waals surface area contributed by atoms with Gasteiger partial charge in [-0.2, -0.15) is 5.26 Å². The quantitative estimate of drug-likeness (QED) is 0.574. The van der Waals surface area contributed by atoms with Crippen LogP contribution in [0.25, 0.3) is 0 Å². The van der Waals surface area contributed by atoms with Crippen molar-refractivity contribution in [2.75, 3.05) is 18.2 Å². The zero-order valence-electron chi connectivity index (χ0n) is 15.5. The molecule has 6 nitrogen and oxygen atoms in total. The van der Waals surface area contributed by atoms with Gasteiger partial charge < -0.3 is 10.1 Å². The Morgan fingerprint density at radius 3 is 2.67 bits per heavy atom. The van der Waals surface area contributed by atoms with Crippen LogP contribution in [0.2, 0.25) is 0 Å². The first-order valence-electron chi connectivity index (χ1n) is 8.47. The van der Waals surface area contributed by atoms with Crippen LogP contribution in [0.4, 0.5) is 5.69 Å². The minimum absolute atomic E-state index is 0.221. The number of rotatable bonds is 7. The summed E-state index contributed by atoms with van der Waals surface area (Å²) in [6.45, 7) is 4.07. The largest absolute Gasteiger partial charge is 0.465 e. The molecule has 0 fully saturated rings. The van der Waals surface area contributed by atoms with E-state index in [2.05, 4.69) is 16.4 Å². The second-order valence-electron chi connectivity index (χ2n) is 6.04. The molecule has 27 heavy (non-hydrogen) atoms. The lowest BCUT2D eigenvalue weighted by Crippen LogP contribution is -2.15. The van der Waals surface area contributed by atoms with E-state index in [1.807, 2.05) is 19.9 Å². The monoisotopic (exact) mass is 383 g/mol. The molecule has 7 heteroatoms. The Kier molecular flexibility index (Phi) is 7.38. The first kappa shape index (κ1) is 20.5. The van der Waals surface area contributed by atoms with Gasteiger partial charge in [-0.15, -0.1) is 11.8 Å². The van der Waals surface area contributed by atoms with E-state index in [-0.39, 0.29) is 18.2 Å². The van der Waals surface area contributed by atoms with E-state index in [9.17, 15) is 14.9 Å². The zero-order valence-corrected chi connectivity index (χ0v) is 16.3. The molecule has 2 rings (SSSR count). The number of hydrogen-bond acceptors (Lipinski definition) is 6. The summed E-state index contributed by atoms with van der Waals surface area (Å²) in [7, 11) is 1.29. The molecule has 140 valence electrons. The Morgan fingerprint density at radius 2 is 2.00 bits per heavy atom. The van der Waals surface area contributed by atoms with Crippen molar-refractivity contribution in [2.45, 2.75) is 31.2 Å². The van der Waals surface area contributed by atoms with Gasteiger partial charge in [-0.1, -0.05) is 26.0 Å². The van der Waals surface area contributed by atoms with Crippen LogP contribution in [-0.2, 0) is 9.53 Å². The predicted molar refractivity (Wildman–Crippen MR) is 105 cm³/mol. The molecule has 0 bridgehead atoms. The first-order chi connectivity index (χ1) is 13.0. The molecule has 1 aromatic carbocycles. The Bertz CT molecular complexity index is 875. The smallest absolute Gasteiger partial charge is 0.339 e. The highest BCUT2D eigenvalue weighted by molar-refractivity contribution is 7.99. The van der Waals surface area contributed by atoms with Crippen LogP contribution in [-0.4, -0.2) is 29.7 Å². The number of nitrogens with one attached hydrogen (secondary N) is 1. The lowest BCUT2D eigenvalue weighted by molar-refractivity contribution is -0.115. The summed E-state index contributed by atoms with van der Waals surface area (Å²) >= 11 is 1.37. The van der Waals surface area contributed by atoms with Gasteiger partial charge in [-0.05, 0) is 30.2 Å². The Balaban J connectivity index is 1.99. The summed E-state index contributed by atoms with van der Waals surface area (Å²) in [4.78, 5) is 28.5. The predicted octanol–water partition coefficient (Wildman–Crippen LogP) is 3.98. The van der Waals surface area contributed by atoms with E-state index in [1.165, 1.54) is 18.9 Å². The van der Waals surface area contributed by atoms with Crippen molar-refractivity contribution in [1.82, 2.24) is 4.98 Å². The number of benzene rings is 1. The van der Waals surface area contributed by atoms with Crippen LogP contribution >= 0.6 is 11.8 Å². The zero-order chi connectivity index (χ0) is 19.8. The molecule has 1 N–H and O–H groups in total. The highest BCUT2D eigenvalue weighted by atomic mass is 32.2. The fourth-order valence-corrected chi connectivity index (χ4v) is 3.22. The van der Waals surface area contributed by atoms with E-state index < -0.39 is 5.97 Å². The first-order valence-corrected chi connectivity index (χ1v) is 9.45. The fraction of sp³-hybridized carbons (Fsp3) is 0.300. The van der Waals surface area contributed by atoms with Gasteiger partial charge in [0.15, 0.2) is 0 Å². The van der Waals surface area contributed by atoms with Crippen molar-refractivity contribution in [2.24, 2.45) is 0 Å². The molecule has 0 saturated carbocycles. The number of ether oxygens (including phenoxy) is 1. The summed E-state index contributed by atoms with van der Waals surface area (Å²) < 4.78 is 4.72. The van der Waals surface area contributed by atoms with Gasteiger partial charge in [0, 0.05) is 17.9 Å². The van der Waals surface area contributed by atoms with E-state index in [1.54, 1.807) is 30.3 Å². The summed E-state index contributed by atoms with van der Waals surface area (Å²) in [5, 5.41) is 12.6. The van der Waals surface area contributed by atoms with Crippen LogP contribution in [0.5, 0.6) is 0 Å². The van der Waals surface area contributed by atoms with E-state index in [0.29, 0.717) is 27.6 Å². The van der Waals surface area contributed by atoms with E-state index in [0.717, 1.165) is 5.69 Å². The third-order valence-corrected chi connectivity index (χ3v) is 4.76. The third-order valence-electron chi connectivity index (χ3n) is 3.77. The van der Waals surface area contributed by atoms with Crippen molar-refractivity contribution in [3.05, 3.63) is 53.2 Å². The molecular formula is C20H21N3O3S. The van der Waals surface area contributed by atoms with Gasteiger partial charge in [0.1, 0.15) is 11.1 Å². The highest BCUT2D eigenvalue weighted by Gasteiger charge is 2.14. The molecule has 0 unspecified atom stereocenters. The molecule has 1 amide bonds. The number of hydrogen-bond donors (Lipinski definition) is 1. The fourth-order valence-electron chi connectivity index (χ4n) is 2.30. The second kappa shape index (κ2) is 9.74. The minimum Gasteiger partial charge on any atom is -0.465 e. The number of nitriles is 1. The van der Waals surface area contributed by atoms with Crippen LogP contribution in [0.15, 0.2) is 41.4 Å². The maximum Gasteiger partial charge on any atom is 0.339 e. The maximum atomic E-state index is 12.2. The van der Waals surface area contributed by atoms with Crippen molar-refractivity contribution >= 4 is 29.3 Å². The average Bonchev–Trinajstić information content (AvgIpc) is 2.67. The summed E-state index contributed by atoms with van der Waals surface area (Å²) in [5.74, 6) is -0.00337. The van der Waals surface area contributed by atoms with Crippen molar-refractivity contribution < 1.29 is 14.3 Å². The number of methoxy groups -OCH3 is 1. The Hall–Kier alpha value is -2.85. The second-order valence-corrected chi connectivity index (χ2v) is 7.12. The molecule has 0 atom stereocenters. The highest BCUT2D eigenvalue weighted by Crippen LogP contribution is 2.24. The number of carbonyl (C=O) groups is 2. The normalized spacial score (nSPS) is 10.3. The van der Waals surface area contributed by atoms with E-state index in [4.69, 9.17) is 4.74 Å². The van der Waals surface area contributed by atoms with Crippen LogP contribution < -0.4 is 5.32 Å². The molecule has 1 aromatic heterocycles. The Labute approximate surface area is 162 Å². The molecule has 0 radical (unpaired) electrons. The maximum absolute atomic E-state index is 12.2. The number of aromatic nitrogens is 1. The van der Waals surface area contributed by atoms with Crippen LogP contribution in [0.1, 0.15) is 47.8 Å². The lowest BCUT2D eigenvalue weighted by atomic mass is 10.1.